The summed E-state index contributed by atoms with van der Waals surface area (Å²) in [6.07, 6.45) is -3.23. The Labute approximate surface area is 98.2 Å². The van der Waals surface area contributed by atoms with Gasteiger partial charge < -0.3 is 5.32 Å². The number of anilines is 1. The van der Waals surface area contributed by atoms with Crippen molar-refractivity contribution in [2.45, 2.75) is 12.6 Å². The van der Waals surface area contributed by atoms with Gasteiger partial charge in [-0.3, -0.25) is 4.79 Å². The second kappa shape index (κ2) is 5.29. The van der Waals surface area contributed by atoms with E-state index in [1.807, 2.05) is 0 Å². The molecule has 1 aromatic rings. The highest BCUT2D eigenvalue weighted by molar-refractivity contribution is 9.09. The Hall–Kier alpha value is -1.11. The van der Waals surface area contributed by atoms with Crippen LogP contribution in [0.4, 0.5) is 18.9 Å². The fraction of sp³-hybridized carbons (Fsp3) is 0.333. The number of nitrogens with zero attached hydrogens (tertiary/aromatic N) is 1. The van der Waals surface area contributed by atoms with Gasteiger partial charge in [-0.2, -0.15) is 13.2 Å². The Balaban J connectivity index is 2.69. The fourth-order valence-electron chi connectivity index (χ4n) is 0.945. The van der Waals surface area contributed by atoms with E-state index in [2.05, 4.69) is 26.2 Å². The maximum Gasteiger partial charge on any atom is 0.433 e. The molecule has 1 rings (SSSR count). The van der Waals surface area contributed by atoms with Gasteiger partial charge in [-0.1, -0.05) is 15.9 Å². The van der Waals surface area contributed by atoms with Crippen LogP contribution >= 0.6 is 15.9 Å². The SMILES string of the molecule is O=C(CCBr)Nc1ccc(C(F)(F)F)nc1. The van der Waals surface area contributed by atoms with E-state index < -0.39 is 11.9 Å². The van der Waals surface area contributed by atoms with Crippen molar-refractivity contribution in [2.24, 2.45) is 0 Å². The van der Waals surface area contributed by atoms with Crippen LogP contribution in [0.1, 0.15) is 12.1 Å². The molecular weight excluding hydrogens is 289 g/mol. The molecule has 0 bridgehead atoms. The van der Waals surface area contributed by atoms with Gasteiger partial charge in [-0.25, -0.2) is 4.98 Å². The van der Waals surface area contributed by atoms with E-state index in [-0.39, 0.29) is 18.0 Å². The highest BCUT2D eigenvalue weighted by atomic mass is 79.9. The summed E-state index contributed by atoms with van der Waals surface area (Å²) in [6.45, 7) is 0. The average Bonchev–Trinajstić information content (AvgIpc) is 2.17. The van der Waals surface area contributed by atoms with E-state index >= 15 is 0 Å². The number of rotatable bonds is 3. The quantitative estimate of drug-likeness (QED) is 0.872. The summed E-state index contributed by atoms with van der Waals surface area (Å²) in [4.78, 5) is 14.3. The molecule has 0 fully saturated rings. The van der Waals surface area contributed by atoms with Gasteiger partial charge in [-0.15, -0.1) is 0 Å². The van der Waals surface area contributed by atoms with Crippen molar-refractivity contribution in [3.8, 4) is 0 Å². The van der Waals surface area contributed by atoms with Crippen molar-refractivity contribution in [1.82, 2.24) is 4.98 Å². The fourth-order valence-corrected chi connectivity index (χ4v) is 1.30. The molecule has 1 N–H and O–H groups in total. The zero-order chi connectivity index (χ0) is 12.2. The van der Waals surface area contributed by atoms with Gasteiger partial charge >= 0.3 is 6.18 Å². The largest absolute Gasteiger partial charge is 0.433 e. The molecule has 0 aliphatic heterocycles. The number of halogens is 4. The van der Waals surface area contributed by atoms with Crippen LogP contribution in [0.5, 0.6) is 0 Å². The highest BCUT2D eigenvalue weighted by Gasteiger charge is 2.32. The Bertz CT molecular complexity index is 364. The molecule has 0 unspecified atom stereocenters. The van der Waals surface area contributed by atoms with Crippen LogP contribution in [0.15, 0.2) is 18.3 Å². The summed E-state index contributed by atoms with van der Waals surface area (Å²) in [7, 11) is 0. The lowest BCUT2D eigenvalue weighted by Crippen LogP contribution is -2.13. The molecule has 3 nitrogen and oxygen atoms in total. The number of amides is 1. The standard InChI is InChI=1S/C9H8BrF3N2O/c10-4-3-8(16)15-6-1-2-7(14-5-6)9(11,12)13/h1-2,5H,3-4H2,(H,15,16). The molecule has 0 spiro atoms. The van der Waals surface area contributed by atoms with Crippen LogP contribution in [0, 0.1) is 0 Å². The minimum absolute atomic E-state index is 0.249. The van der Waals surface area contributed by atoms with Crippen molar-refractivity contribution < 1.29 is 18.0 Å². The maximum absolute atomic E-state index is 12.1. The van der Waals surface area contributed by atoms with E-state index in [9.17, 15) is 18.0 Å². The molecular formula is C9H8BrF3N2O. The Morgan fingerprint density at radius 1 is 1.44 bits per heavy atom. The third-order valence-electron chi connectivity index (χ3n) is 1.66. The second-order valence-electron chi connectivity index (χ2n) is 2.92. The number of carbonyl (C=O) groups excluding carboxylic acids is 1. The predicted octanol–water partition coefficient (Wildman–Crippen LogP) is 2.82. The second-order valence-corrected chi connectivity index (χ2v) is 3.71. The van der Waals surface area contributed by atoms with E-state index in [1.165, 1.54) is 6.07 Å². The first-order valence-electron chi connectivity index (χ1n) is 4.32. The van der Waals surface area contributed by atoms with Gasteiger partial charge in [-0.05, 0) is 12.1 Å². The van der Waals surface area contributed by atoms with E-state index in [4.69, 9.17) is 0 Å². The molecule has 1 heterocycles. The maximum atomic E-state index is 12.1. The number of nitrogens with one attached hydrogen (secondary N) is 1. The predicted molar refractivity (Wildman–Crippen MR) is 56.3 cm³/mol. The normalized spacial score (nSPS) is 11.2. The van der Waals surface area contributed by atoms with Crippen LogP contribution in [-0.4, -0.2) is 16.2 Å². The number of pyridine rings is 1. The summed E-state index contributed by atoms with van der Waals surface area (Å²) in [5.74, 6) is -0.279. The van der Waals surface area contributed by atoms with Gasteiger partial charge in [0.1, 0.15) is 5.69 Å². The third kappa shape index (κ3) is 3.80. The van der Waals surface area contributed by atoms with Crippen LogP contribution in [0.2, 0.25) is 0 Å². The monoisotopic (exact) mass is 296 g/mol. The minimum Gasteiger partial charge on any atom is -0.325 e. The molecule has 88 valence electrons. The van der Waals surface area contributed by atoms with Gasteiger partial charge in [0.2, 0.25) is 5.91 Å². The summed E-state index contributed by atoms with van der Waals surface area (Å²) in [5, 5.41) is 2.92. The van der Waals surface area contributed by atoms with E-state index in [0.29, 0.717) is 5.33 Å². The molecule has 0 radical (unpaired) electrons. The zero-order valence-corrected chi connectivity index (χ0v) is 9.60. The molecule has 0 aliphatic rings. The van der Waals surface area contributed by atoms with Crippen molar-refractivity contribution in [3.63, 3.8) is 0 Å². The number of alkyl halides is 4. The van der Waals surface area contributed by atoms with Gasteiger partial charge in [0.05, 0.1) is 11.9 Å². The first-order chi connectivity index (χ1) is 7.43. The molecule has 16 heavy (non-hydrogen) atoms. The topological polar surface area (TPSA) is 42.0 Å². The van der Waals surface area contributed by atoms with Gasteiger partial charge in [0.15, 0.2) is 0 Å². The molecule has 7 heteroatoms. The first-order valence-corrected chi connectivity index (χ1v) is 5.44. The molecule has 0 aromatic carbocycles. The summed E-state index contributed by atoms with van der Waals surface area (Å²) in [6, 6.07) is 1.99. The number of hydrogen-bond donors (Lipinski definition) is 1. The van der Waals surface area contributed by atoms with Gasteiger partial charge in [0.25, 0.3) is 0 Å². The van der Waals surface area contributed by atoms with Crippen molar-refractivity contribution in [3.05, 3.63) is 24.0 Å². The molecule has 0 saturated heterocycles. The number of aromatic nitrogens is 1. The summed E-state index contributed by atoms with van der Waals surface area (Å²) >= 11 is 3.08. The number of carbonyl (C=O) groups is 1. The average molecular weight is 297 g/mol. The Morgan fingerprint density at radius 3 is 2.56 bits per heavy atom. The van der Waals surface area contributed by atoms with Crippen LogP contribution < -0.4 is 5.32 Å². The highest BCUT2D eigenvalue weighted by Crippen LogP contribution is 2.27. The summed E-state index contributed by atoms with van der Waals surface area (Å²) in [5.41, 5.74) is -0.732. The van der Waals surface area contributed by atoms with Crippen molar-refractivity contribution in [2.75, 3.05) is 10.6 Å². The number of hydrogen-bond acceptors (Lipinski definition) is 2. The first kappa shape index (κ1) is 13.0. The van der Waals surface area contributed by atoms with Gasteiger partial charge in [0, 0.05) is 11.8 Å². The Morgan fingerprint density at radius 2 is 2.12 bits per heavy atom. The van der Waals surface area contributed by atoms with Crippen LogP contribution in [-0.2, 0) is 11.0 Å². The van der Waals surface area contributed by atoms with Crippen LogP contribution in [0.3, 0.4) is 0 Å². The lowest BCUT2D eigenvalue weighted by Gasteiger charge is -2.07. The molecule has 0 saturated carbocycles. The minimum atomic E-state index is -4.46. The Kier molecular flexibility index (Phi) is 4.28. The van der Waals surface area contributed by atoms with Crippen LogP contribution in [0.25, 0.3) is 0 Å². The lowest BCUT2D eigenvalue weighted by atomic mass is 10.3. The molecule has 1 aromatic heterocycles. The molecule has 0 aliphatic carbocycles. The van der Waals surface area contributed by atoms with E-state index in [1.54, 1.807) is 0 Å². The smallest absolute Gasteiger partial charge is 0.325 e. The van der Waals surface area contributed by atoms with Crippen molar-refractivity contribution in [1.29, 1.82) is 0 Å². The lowest BCUT2D eigenvalue weighted by molar-refractivity contribution is -0.141. The zero-order valence-electron chi connectivity index (χ0n) is 8.01. The summed E-state index contributed by atoms with van der Waals surface area (Å²) < 4.78 is 36.4. The third-order valence-corrected chi connectivity index (χ3v) is 2.06. The van der Waals surface area contributed by atoms with Crippen molar-refractivity contribution >= 4 is 27.5 Å². The molecule has 0 atom stereocenters. The van der Waals surface area contributed by atoms with E-state index in [0.717, 1.165) is 12.3 Å². The molecule has 1 amide bonds.